The molecule has 0 N–H and O–H groups in total. The minimum Gasteiger partial charge on any atom is -0.377 e. The zero-order valence-corrected chi connectivity index (χ0v) is 17.3. The first-order valence-corrected chi connectivity index (χ1v) is 11.3. The van der Waals surface area contributed by atoms with Crippen LogP contribution >= 0.6 is 0 Å². The van der Waals surface area contributed by atoms with Gasteiger partial charge in [0.25, 0.3) is 0 Å². The quantitative estimate of drug-likeness (QED) is 0.261. The Labute approximate surface area is 145 Å². The van der Waals surface area contributed by atoms with Crippen molar-refractivity contribution in [2.24, 2.45) is 0 Å². The van der Waals surface area contributed by atoms with Crippen LogP contribution in [0.15, 0.2) is 0 Å². The molecule has 0 rings (SSSR count). The molecule has 0 fully saturated rings. The summed E-state index contributed by atoms with van der Waals surface area (Å²) < 4.78 is 27.6. The van der Waals surface area contributed by atoms with Gasteiger partial charge in [0.05, 0.1) is 6.67 Å². The van der Waals surface area contributed by atoms with Crippen LogP contribution in [-0.4, -0.2) is 36.8 Å². The fourth-order valence-electron chi connectivity index (χ4n) is 2.38. The number of hydrogen-bond acceptors (Lipinski definition) is 3. The summed E-state index contributed by atoms with van der Waals surface area (Å²) in [7, 11) is 2.46. The van der Waals surface area contributed by atoms with E-state index in [2.05, 4.69) is 13.8 Å². The molecule has 0 aliphatic heterocycles. The maximum absolute atomic E-state index is 11.8. The van der Waals surface area contributed by atoms with Gasteiger partial charge >= 0.3 is 8.80 Å². The van der Waals surface area contributed by atoms with Crippen molar-refractivity contribution in [1.82, 2.24) is 0 Å². The van der Waals surface area contributed by atoms with E-state index >= 15 is 0 Å². The number of halogens is 1. The van der Waals surface area contributed by atoms with Gasteiger partial charge in [-0.15, -0.1) is 0 Å². The molecule has 0 amide bonds. The van der Waals surface area contributed by atoms with Gasteiger partial charge in [0, 0.05) is 27.4 Å². The van der Waals surface area contributed by atoms with Crippen LogP contribution in [-0.2, 0) is 13.3 Å². The highest BCUT2D eigenvalue weighted by atomic mass is 28.4. The van der Waals surface area contributed by atoms with Crippen LogP contribution in [0.25, 0.3) is 0 Å². The summed E-state index contributed by atoms with van der Waals surface area (Å²) in [5.74, 6) is 0. The highest BCUT2D eigenvalue weighted by Gasteiger charge is 2.36. The SMILES string of the molecule is CCCCCCCCC.CO[Si](CCCCCCF)(OC)OC. The fraction of sp³-hybridized carbons (Fsp3) is 1.00. The van der Waals surface area contributed by atoms with Gasteiger partial charge in [-0.2, -0.15) is 0 Å². The van der Waals surface area contributed by atoms with Gasteiger partial charge in [-0.05, 0) is 12.8 Å². The third-order valence-corrected chi connectivity index (χ3v) is 6.84. The molecule has 0 unspecified atom stereocenters. The third-order valence-electron chi connectivity index (χ3n) is 4.01. The fourth-order valence-corrected chi connectivity index (χ4v) is 4.17. The minimum absolute atomic E-state index is 0.221. The molecule has 0 aliphatic rings. The summed E-state index contributed by atoms with van der Waals surface area (Å²) >= 11 is 0. The van der Waals surface area contributed by atoms with Crippen molar-refractivity contribution in [1.29, 1.82) is 0 Å². The summed E-state index contributed by atoms with van der Waals surface area (Å²) in [6.07, 6.45) is 13.5. The van der Waals surface area contributed by atoms with Crippen molar-refractivity contribution < 1.29 is 17.7 Å². The van der Waals surface area contributed by atoms with Gasteiger partial charge in [-0.3, -0.25) is 4.39 Å². The first-order chi connectivity index (χ1) is 11.2. The maximum atomic E-state index is 11.8. The molecular weight excluding hydrogens is 311 g/mol. The molecule has 0 heterocycles. The predicted molar refractivity (Wildman–Crippen MR) is 99.7 cm³/mol. The van der Waals surface area contributed by atoms with E-state index in [0.29, 0.717) is 6.42 Å². The van der Waals surface area contributed by atoms with Crippen molar-refractivity contribution in [3.63, 3.8) is 0 Å². The van der Waals surface area contributed by atoms with Crippen LogP contribution < -0.4 is 0 Å². The molecule has 142 valence electrons. The molecule has 0 spiro atoms. The van der Waals surface area contributed by atoms with Gasteiger partial charge in [-0.1, -0.05) is 71.6 Å². The summed E-state index contributed by atoms with van der Waals surface area (Å²) in [5, 5.41) is 0. The molecular formula is C18H41FO3Si. The molecule has 0 saturated heterocycles. The van der Waals surface area contributed by atoms with Gasteiger partial charge in [0.15, 0.2) is 0 Å². The van der Waals surface area contributed by atoms with Crippen molar-refractivity contribution in [3.8, 4) is 0 Å². The number of alkyl halides is 1. The second-order valence-corrected chi connectivity index (χ2v) is 9.01. The van der Waals surface area contributed by atoms with Crippen LogP contribution in [0.1, 0.15) is 84.5 Å². The van der Waals surface area contributed by atoms with Crippen molar-refractivity contribution in [2.45, 2.75) is 90.5 Å². The van der Waals surface area contributed by atoms with Crippen molar-refractivity contribution >= 4 is 8.80 Å². The first-order valence-electron chi connectivity index (χ1n) is 9.37. The second-order valence-electron chi connectivity index (χ2n) is 5.92. The lowest BCUT2D eigenvalue weighted by Gasteiger charge is -2.24. The molecule has 0 radical (unpaired) electrons. The topological polar surface area (TPSA) is 27.7 Å². The Morgan fingerprint density at radius 1 is 0.609 bits per heavy atom. The largest absolute Gasteiger partial charge is 0.500 e. The molecule has 0 aromatic heterocycles. The predicted octanol–water partition coefficient (Wildman–Crippen LogP) is 6.15. The zero-order valence-electron chi connectivity index (χ0n) is 16.3. The second kappa shape index (κ2) is 20.1. The standard InChI is InChI=1S/C9H21FO3Si.C9H20/c1-11-14(12-2,13-3)9-7-5-4-6-8-10;1-3-5-7-9-8-6-4-2/h4-9H2,1-3H3;3-9H2,1-2H3. The number of hydrogen-bond donors (Lipinski definition) is 0. The molecule has 0 saturated carbocycles. The molecule has 23 heavy (non-hydrogen) atoms. The van der Waals surface area contributed by atoms with E-state index in [0.717, 1.165) is 25.3 Å². The van der Waals surface area contributed by atoms with Crippen LogP contribution in [0, 0.1) is 0 Å². The Hall–Kier alpha value is 0.0269. The van der Waals surface area contributed by atoms with E-state index in [1.54, 1.807) is 21.3 Å². The van der Waals surface area contributed by atoms with Gasteiger partial charge in [0.1, 0.15) is 0 Å². The summed E-state index contributed by atoms with van der Waals surface area (Å²) in [6.45, 7) is 4.31. The Balaban J connectivity index is 0. The molecule has 0 aromatic rings. The molecule has 5 heteroatoms. The lowest BCUT2D eigenvalue weighted by Crippen LogP contribution is -2.42. The monoisotopic (exact) mass is 352 g/mol. The summed E-state index contributed by atoms with van der Waals surface area (Å²) in [5.41, 5.74) is 0. The van der Waals surface area contributed by atoms with Gasteiger partial charge in [0.2, 0.25) is 0 Å². The first kappa shape index (κ1) is 25.3. The average molecular weight is 353 g/mol. The Morgan fingerprint density at radius 3 is 1.39 bits per heavy atom. The van der Waals surface area contributed by atoms with Crippen LogP contribution in [0.5, 0.6) is 0 Å². The molecule has 0 atom stereocenters. The number of rotatable bonds is 15. The average Bonchev–Trinajstić information content (AvgIpc) is 2.59. The summed E-state index contributed by atoms with van der Waals surface area (Å²) in [4.78, 5) is 0. The van der Waals surface area contributed by atoms with E-state index in [1.807, 2.05) is 0 Å². The molecule has 0 aromatic carbocycles. The third kappa shape index (κ3) is 16.7. The van der Waals surface area contributed by atoms with Crippen LogP contribution in [0.2, 0.25) is 6.04 Å². The Bertz CT molecular complexity index is 200. The zero-order chi connectivity index (χ0) is 17.8. The molecule has 0 aliphatic carbocycles. The maximum Gasteiger partial charge on any atom is 0.500 e. The Kier molecular flexibility index (Phi) is 22.1. The van der Waals surface area contributed by atoms with Gasteiger partial charge in [-0.25, -0.2) is 0 Å². The lowest BCUT2D eigenvalue weighted by atomic mass is 10.1. The van der Waals surface area contributed by atoms with E-state index in [1.165, 1.54) is 44.9 Å². The van der Waals surface area contributed by atoms with E-state index in [4.69, 9.17) is 13.3 Å². The number of unbranched alkanes of at least 4 members (excludes halogenated alkanes) is 9. The normalized spacial score (nSPS) is 11.2. The van der Waals surface area contributed by atoms with Crippen LogP contribution in [0.3, 0.4) is 0 Å². The summed E-state index contributed by atoms with van der Waals surface area (Å²) in [6, 6.07) is 0.808. The highest BCUT2D eigenvalue weighted by molar-refractivity contribution is 6.60. The van der Waals surface area contributed by atoms with Crippen molar-refractivity contribution in [2.75, 3.05) is 28.0 Å². The highest BCUT2D eigenvalue weighted by Crippen LogP contribution is 2.17. The van der Waals surface area contributed by atoms with E-state index in [9.17, 15) is 4.39 Å². The van der Waals surface area contributed by atoms with Crippen molar-refractivity contribution in [3.05, 3.63) is 0 Å². The lowest BCUT2D eigenvalue weighted by molar-refractivity contribution is 0.122. The minimum atomic E-state index is -2.37. The van der Waals surface area contributed by atoms with Gasteiger partial charge < -0.3 is 13.3 Å². The molecule has 0 bridgehead atoms. The smallest absolute Gasteiger partial charge is 0.377 e. The van der Waals surface area contributed by atoms with Crippen LogP contribution in [0.4, 0.5) is 4.39 Å². The van der Waals surface area contributed by atoms with E-state index < -0.39 is 8.80 Å². The molecule has 3 nitrogen and oxygen atoms in total. The van der Waals surface area contributed by atoms with E-state index in [-0.39, 0.29) is 6.67 Å². The Morgan fingerprint density at radius 2 is 1.00 bits per heavy atom.